The minimum absolute atomic E-state index is 0.00904. The van der Waals surface area contributed by atoms with Crippen LogP contribution in [-0.2, 0) is 18.5 Å². The van der Waals surface area contributed by atoms with E-state index in [1.165, 1.54) is 6.92 Å². The molecule has 0 spiro atoms. The number of hydrogen-bond donors (Lipinski definition) is 0. The van der Waals surface area contributed by atoms with Gasteiger partial charge in [-0.15, -0.1) is 0 Å². The smallest absolute Gasteiger partial charge is 0.341 e. The van der Waals surface area contributed by atoms with Crippen LogP contribution < -0.4 is 0 Å². The molecular formula is C13H14ClFO5S. The third kappa shape index (κ3) is 3.93. The lowest BCUT2D eigenvalue weighted by Crippen LogP contribution is -2.19. The summed E-state index contributed by atoms with van der Waals surface area (Å²) in [6.45, 7) is 2.00. The van der Waals surface area contributed by atoms with Gasteiger partial charge in [0.15, 0.2) is 0 Å². The van der Waals surface area contributed by atoms with E-state index in [-0.39, 0.29) is 23.2 Å². The lowest BCUT2D eigenvalue weighted by molar-refractivity contribution is 0.0157. The van der Waals surface area contributed by atoms with Crippen molar-refractivity contribution in [3.05, 3.63) is 29.1 Å². The maximum atomic E-state index is 13.8. The molecule has 1 heterocycles. The van der Waals surface area contributed by atoms with Crippen molar-refractivity contribution in [3.63, 3.8) is 0 Å². The Bertz CT molecular complexity index is 653. The van der Waals surface area contributed by atoms with Crippen molar-refractivity contribution in [3.8, 4) is 0 Å². The van der Waals surface area contributed by atoms with Crippen molar-refractivity contribution in [1.29, 1.82) is 0 Å². The summed E-state index contributed by atoms with van der Waals surface area (Å²) >= 11 is 0. The van der Waals surface area contributed by atoms with E-state index in [0.717, 1.165) is 25.0 Å². The second-order valence-corrected chi connectivity index (χ2v) is 7.30. The van der Waals surface area contributed by atoms with E-state index in [4.69, 9.17) is 20.2 Å². The van der Waals surface area contributed by atoms with Crippen LogP contribution in [0.1, 0.15) is 28.8 Å². The third-order valence-corrected chi connectivity index (χ3v) is 4.64. The molecule has 1 unspecified atom stereocenters. The van der Waals surface area contributed by atoms with Gasteiger partial charge >= 0.3 is 5.97 Å². The highest BCUT2D eigenvalue weighted by Crippen LogP contribution is 2.24. The molecule has 1 fully saturated rings. The predicted molar refractivity (Wildman–Crippen MR) is 73.4 cm³/mol. The summed E-state index contributed by atoms with van der Waals surface area (Å²) in [5, 5.41) is 0. The molecule has 8 heteroatoms. The summed E-state index contributed by atoms with van der Waals surface area (Å²) < 4.78 is 46.8. The number of ether oxygens (including phenoxy) is 2. The first kappa shape index (κ1) is 16.2. The van der Waals surface area contributed by atoms with Crippen LogP contribution in [0.15, 0.2) is 17.0 Å². The molecular weight excluding hydrogens is 323 g/mol. The van der Waals surface area contributed by atoms with Crippen LogP contribution in [0.4, 0.5) is 4.39 Å². The average Bonchev–Trinajstić information content (AvgIpc) is 2.87. The highest BCUT2D eigenvalue weighted by Gasteiger charge is 2.23. The first-order chi connectivity index (χ1) is 9.79. The number of carbonyl (C=O) groups excluding carboxylic acids is 1. The average molecular weight is 337 g/mol. The first-order valence-electron chi connectivity index (χ1n) is 6.32. The van der Waals surface area contributed by atoms with Crippen LogP contribution >= 0.6 is 10.7 Å². The second kappa shape index (κ2) is 6.29. The van der Waals surface area contributed by atoms with E-state index >= 15 is 0 Å². The molecule has 1 atom stereocenters. The fourth-order valence-corrected chi connectivity index (χ4v) is 3.29. The van der Waals surface area contributed by atoms with Gasteiger partial charge in [0.2, 0.25) is 0 Å². The Labute approximate surface area is 126 Å². The van der Waals surface area contributed by atoms with E-state index in [1.54, 1.807) is 0 Å². The van der Waals surface area contributed by atoms with Crippen molar-refractivity contribution in [2.24, 2.45) is 0 Å². The zero-order chi connectivity index (χ0) is 15.6. The fraction of sp³-hybridized carbons (Fsp3) is 0.462. The Hall–Kier alpha value is -1.18. The van der Waals surface area contributed by atoms with Gasteiger partial charge in [-0.1, -0.05) is 0 Å². The number of esters is 1. The molecule has 0 saturated carbocycles. The van der Waals surface area contributed by atoms with Crippen LogP contribution in [0.3, 0.4) is 0 Å². The van der Waals surface area contributed by atoms with Gasteiger partial charge < -0.3 is 9.47 Å². The third-order valence-electron chi connectivity index (χ3n) is 3.17. The molecule has 116 valence electrons. The van der Waals surface area contributed by atoms with Crippen LogP contribution in [0.5, 0.6) is 0 Å². The minimum Gasteiger partial charge on any atom is -0.459 e. The molecule has 1 aromatic rings. The quantitative estimate of drug-likeness (QED) is 0.623. The lowest BCUT2D eigenvalue weighted by atomic mass is 10.1. The van der Waals surface area contributed by atoms with Gasteiger partial charge in [0.1, 0.15) is 12.4 Å². The molecule has 0 bridgehead atoms. The van der Waals surface area contributed by atoms with Crippen molar-refractivity contribution in [1.82, 2.24) is 0 Å². The van der Waals surface area contributed by atoms with Gasteiger partial charge in [0.05, 0.1) is 16.6 Å². The SMILES string of the molecule is Cc1cc(F)c(C(=O)OCC2CCCO2)cc1S(=O)(=O)Cl. The molecule has 21 heavy (non-hydrogen) atoms. The Morgan fingerprint density at radius 2 is 2.24 bits per heavy atom. The van der Waals surface area contributed by atoms with E-state index in [1.807, 2.05) is 0 Å². The number of hydrogen-bond acceptors (Lipinski definition) is 5. The Kier molecular flexibility index (Phi) is 4.85. The molecule has 1 aliphatic heterocycles. The monoisotopic (exact) mass is 336 g/mol. The zero-order valence-electron chi connectivity index (χ0n) is 11.3. The highest BCUT2D eigenvalue weighted by atomic mass is 35.7. The molecule has 0 aromatic heterocycles. The van der Waals surface area contributed by atoms with Gasteiger partial charge in [-0.3, -0.25) is 0 Å². The predicted octanol–water partition coefficient (Wildman–Crippen LogP) is 2.40. The van der Waals surface area contributed by atoms with Gasteiger partial charge in [-0.25, -0.2) is 17.6 Å². The molecule has 1 aliphatic rings. The van der Waals surface area contributed by atoms with Crippen molar-refractivity contribution in [2.45, 2.75) is 30.8 Å². The molecule has 0 amide bonds. The lowest BCUT2D eigenvalue weighted by Gasteiger charge is -2.11. The summed E-state index contributed by atoms with van der Waals surface area (Å²) in [6, 6.07) is 1.84. The van der Waals surface area contributed by atoms with Crippen LogP contribution in [0, 0.1) is 12.7 Å². The van der Waals surface area contributed by atoms with Crippen molar-refractivity contribution >= 4 is 25.7 Å². The topological polar surface area (TPSA) is 69.7 Å². The Balaban J connectivity index is 2.20. The maximum absolute atomic E-state index is 13.8. The molecule has 0 aliphatic carbocycles. The minimum atomic E-state index is -4.06. The maximum Gasteiger partial charge on any atom is 0.341 e. The van der Waals surface area contributed by atoms with Gasteiger partial charge in [0.25, 0.3) is 9.05 Å². The number of carbonyl (C=O) groups is 1. The summed E-state index contributed by atoms with van der Waals surface area (Å²) in [7, 11) is 1.19. The van der Waals surface area contributed by atoms with E-state index in [9.17, 15) is 17.6 Å². The number of aryl methyl sites for hydroxylation is 1. The standard InChI is InChI=1S/C13H14ClFO5S/c1-8-5-11(15)10(6-12(8)21(14,17)18)13(16)20-7-9-3-2-4-19-9/h5-6,9H,2-4,7H2,1H3. The normalized spacial score (nSPS) is 18.7. The number of benzene rings is 1. The van der Waals surface area contributed by atoms with E-state index < -0.39 is 26.4 Å². The summed E-state index contributed by atoms with van der Waals surface area (Å²) in [5.74, 6) is -1.79. The molecule has 0 N–H and O–H groups in total. The second-order valence-electron chi connectivity index (χ2n) is 4.77. The number of rotatable bonds is 4. The zero-order valence-corrected chi connectivity index (χ0v) is 12.8. The van der Waals surface area contributed by atoms with Gasteiger partial charge in [0, 0.05) is 17.3 Å². The Morgan fingerprint density at radius 1 is 1.52 bits per heavy atom. The van der Waals surface area contributed by atoms with Crippen molar-refractivity contribution in [2.75, 3.05) is 13.2 Å². The molecule has 1 aromatic carbocycles. The summed E-state index contributed by atoms with van der Waals surface area (Å²) in [6.07, 6.45) is 1.46. The van der Waals surface area contributed by atoms with Gasteiger partial charge in [-0.2, -0.15) is 0 Å². The first-order valence-corrected chi connectivity index (χ1v) is 8.63. The molecule has 1 saturated heterocycles. The Morgan fingerprint density at radius 3 is 2.81 bits per heavy atom. The van der Waals surface area contributed by atoms with Crippen LogP contribution in [0.25, 0.3) is 0 Å². The van der Waals surface area contributed by atoms with E-state index in [2.05, 4.69) is 0 Å². The highest BCUT2D eigenvalue weighted by molar-refractivity contribution is 8.13. The van der Waals surface area contributed by atoms with E-state index in [0.29, 0.717) is 6.61 Å². The van der Waals surface area contributed by atoms with Crippen LogP contribution in [-0.4, -0.2) is 33.7 Å². The summed E-state index contributed by atoms with van der Waals surface area (Å²) in [5.41, 5.74) is -0.337. The van der Waals surface area contributed by atoms with Crippen LogP contribution in [0.2, 0.25) is 0 Å². The number of halogens is 2. The van der Waals surface area contributed by atoms with Gasteiger partial charge in [-0.05, 0) is 37.5 Å². The fourth-order valence-electron chi connectivity index (χ4n) is 2.09. The molecule has 2 rings (SSSR count). The summed E-state index contributed by atoms with van der Waals surface area (Å²) in [4.78, 5) is 11.5. The largest absolute Gasteiger partial charge is 0.459 e. The molecule has 5 nitrogen and oxygen atoms in total. The van der Waals surface area contributed by atoms with Crippen molar-refractivity contribution < 1.29 is 27.1 Å². The molecule has 0 radical (unpaired) electrons.